The van der Waals surface area contributed by atoms with E-state index in [-0.39, 0.29) is 18.0 Å². The molecule has 3 atom stereocenters. The van der Waals surface area contributed by atoms with Gasteiger partial charge >= 0.3 is 0 Å². The van der Waals surface area contributed by atoms with Crippen molar-refractivity contribution in [3.05, 3.63) is 18.0 Å². The average Bonchev–Trinajstić information content (AvgIpc) is 2.93. The van der Waals surface area contributed by atoms with Crippen LogP contribution in [0.15, 0.2) is 12.4 Å². The van der Waals surface area contributed by atoms with E-state index < -0.39 is 0 Å². The topological polar surface area (TPSA) is 68.2 Å². The van der Waals surface area contributed by atoms with Gasteiger partial charge in [-0.3, -0.25) is 9.48 Å². The van der Waals surface area contributed by atoms with Crippen molar-refractivity contribution in [2.75, 3.05) is 13.7 Å². The van der Waals surface area contributed by atoms with E-state index >= 15 is 0 Å². The fourth-order valence-corrected chi connectivity index (χ4v) is 3.06. The number of nitrogens with one attached hydrogen (secondary N) is 2. The van der Waals surface area contributed by atoms with Crippen LogP contribution in [0.4, 0.5) is 0 Å². The number of hydrogen-bond donors (Lipinski definition) is 2. The van der Waals surface area contributed by atoms with Crippen LogP contribution in [0.2, 0.25) is 0 Å². The van der Waals surface area contributed by atoms with Gasteiger partial charge in [0.15, 0.2) is 0 Å². The lowest BCUT2D eigenvalue weighted by Crippen LogP contribution is -2.52. The molecule has 124 valence electrons. The smallest absolute Gasteiger partial charge is 0.220 e. The summed E-state index contributed by atoms with van der Waals surface area (Å²) in [6, 6.07) is 0.527. The molecule has 1 aromatic heterocycles. The molecule has 0 radical (unpaired) electrons. The molecule has 1 fully saturated rings. The number of ether oxygens (including phenoxy) is 1. The molecule has 1 saturated heterocycles. The highest BCUT2D eigenvalue weighted by molar-refractivity contribution is 5.77. The summed E-state index contributed by atoms with van der Waals surface area (Å²) in [6.07, 6.45) is 8.67. The highest BCUT2D eigenvalue weighted by atomic mass is 16.5. The number of piperidine rings is 1. The fourth-order valence-electron chi connectivity index (χ4n) is 3.06. The first-order valence-corrected chi connectivity index (χ1v) is 8.17. The number of hydrogen-bond acceptors (Lipinski definition) is 4. The number of unbranched alkanes of at least 4 members (excludes halogenated alkanes) is 1. The molecular weight excluding hydrogens is 280 g/mol. The van der Waals surface area contributed by atoms with Gasteiger partial charge in [-0.05, 0) is 12.8 Å². The Balaban J connectivity index is 2.06. The van der Waals surface area contributed by atoms with Crippen LogP contribution >= 0.6 is 0 Å². The number of aryl methyl sites for hydroxylation is 1. The number of nitrogens with zero attached hydrogens (tertiary/aromatic N) is 2. The maximum Gasteiger partial charge on any atom is 0.220 e. The van der Waals surface area contributed by atoms with Gasteiger partial charge in [0.2, 0.25) is 5.91 Å². The molecule has 2 rings (SSSR count). The zero-order valence-corrected chi connectivity index (χ0v) is 13.8. The Kier molecular flexibility index (Phi) is 6.39. The largest absolute Gasteiger partial charge is 0.383 e. The van der Waals surface area contributed by atoms with Gasteiger partial charge in [0.05, 0.1) is 18.8 Å². The molecule has 2 heterocycles. The minimum atomic E-state index is -0.0177. The Labute approximate surface area is 132 Å². The van der Waals surface area contributed by atoms with Gasteiger partial charge in [-0.2, -0.15) is 5.10 Å². The highest BCUT2D eigenvalue weighted by Gasteiger charge is 2.31. The van der Waals surface area contributed by atoms with Crippen molar-refractivity contribution in [3.8, 4) is 0 Å². The minimum absolute atomic E-state index is 0.0177. The van der Waals surface area contributed by atoms with Crippen LogP contribution in [0.25, 0.3) is 0 Å². The number of rotatable bonds is 8. The number of methoxy groups -OCH3 is 1. The highest BCUT2D eigenvalue weighted by Crippen LogP contribution is 2.24. The van der Waals surface area contributed by atoms with Crippen molar-refractivity contribution in [1.82, 2.24) is 20.4 Å². The molecule has 0 saturated carbocycles. The van der Waals surface area contributed by atoms with Crippen LogP contribution in [0.3, 0.4) is 0 Å². The van der Waals surface area contributed by atoms with Gasteiger partial charge in [0, 0.05) is 44.4 Å². The molecular formula is C16H28N4O2. The molecule has 0 aliphatic carbocycles. The quantitative estimate of drug-likeness (QED) is 0.764. The number of amides is 1. The maximum absolute atomic E-state index is 11.8. The van der Waals surface area contributed by atoms with Crippen LogP contribution < -0.4 is 10.6 Å². The first kappa shape index (κ1) is 17.0. The second kappa shape index (κ2) is 8.29. The zero-order valence-electron chi connectivity index (χ0n) is 13.8. The Bertz CT molecular complexity index is 474. The molecule has 0 bridgehead atoms. The SMILES string of the molecule is CCCCC(COC)N[C@@H]1CCC(=O)N[C@H]1c1cnn(C)c1. The Morgan fingerprint density at radius 1 is 1.59 bits per heavy atom. The zero-order chi connectivity index (χ0) is 15.9. The first-order valence-electron chi connectivity index (χ1n) is 8.17. The molecule has 1 amide bonds. The standard InChI is InChI=1S/C16H28N4O2/c1-4-5-6-13(11-22-3)18-14-7-8-15(21)19-16(14)12-9-17-20(2)10-12/h9-10,13-14,16,18H,4-8,11H2,1-3H3,(H,19,21)/t13?,14-,16+/m1/s1. The second-order valence-electron chi connectivity index (χ2n) is 6.10. The molecule has 1 aliphatic rings. The third-order valence-electron chi connectivity index (χ3n) is 4.21. The summed E-state index contributed by atoms with van der Waals surface area (Å²) in [6.45, 7) is 2.90. The maximum atomic E-state index is 11.8. The molecule has 6 nitrogen and oxygen atoms in total. The van der Waals surface area contributed by atoms with Gasteiger partial charge in [0.25, 0.3) is 0 Å². The van der Waals surface area contributed by atoms with E-state index in [4.69, 9.17) is 4.74 Å². The lowest BCUT2D eigenvalue weighted by atomic mass is 9.92. The molecule has 1 aromatic rings. The predicted molar refractivity (Wildman–Crippen MR) is 85.4 cm³/mol. The van der Waals surface area contributed by atoms with Gasteiger partial charge in [-0.25, -0.2) is 0 Å². The summed E-state index contributed by atoms with van der Waals surface area (Å²) in [5.41, 5.74) is 1.06. The van der Waals surface area contributed by atoms with E-state index in [1.54, 1.807) is 11.8 Å². The van der Waals surface area contributed by atoms with E-state index in [2.05, 4.69) is 22.7 Å². The van der Waals surface area contributed by atoms with E-state index in [9.17, 15) is 4.79 Å². The molecule has 2 N–H and O–H groups in total. The fraction of sp³-hybridized carbons (Fsp3) is 0.750. The molecule has 1 unspecified atom stereocenters. The van der Waals surface area contributed by atoms with Crippen molar-refractivity contribution >= 4 is 5.91 Å². The van der Waals surface area contributed by atoms with Gasteiger partial charge in [-0.15, -0.1) is 0 Å². The van der Waals surface area contributed by atoms with Crippen LogP contribution in [0, 0.1) is 0 Å². The summed E-state index contributed by atoms with van der Waals surface area (Å²) in [5.74, 6) is 0.115. The van der Waals surface area contributed by atoms with E-state index in [1.807, 2.05) is 19.4 Å². The summed E-state index contributed by atoms with van der Waals surface area (Å²) >= 11 is 0. The van der Waals surface area contributed by atoms with Gasteiger partial charge in [0.1, 0.15) is 0 Å². The Hall–Kier alpha value is -1.40. The Morgan fingerprint density at radius 3 is 3.05 bits per heavy atom. The van der Waals surface area contributed by atoms with Crippen molar-refractivity contribution < 1.29 is 9.53 Å². The Morgan fingerprint density at radius 2 is 2.41 bits per heavy atom. The summed E-state index contributed by atoms with van der Waals surface area (Å²) < 4.78 is 7.12. The van der Waals surface area contributed by atoms with Crippen molar-refractivity contribution in [2.45, 2.75) is 57.2 Å². The average molecular weight is 308 g/mol. The van der Waals surface area contributed by atoms with Crippen LogP contribution in [0.1, 0.15) is 50.6 Å². The molecule has 0 spiro atoms. The van der Waals surface area contributed by atoms with Crippen LogP contribution in [-0.2, 0) is 16.6 Å². The van der Waals surface area contributed by atoms with E-state index in [0.717, 1.165) is 18.4 Å². The molecule has 6 heteroatoms. The molecule has 0 aromatic carbocycles. The predicted octanol–water partition coefficient (Wildman–Crippen LogP) is 1.53. The lowest BCUT2D eigenvalue weighted by Gasteiger charge is -2.35. The van der Waals surface area contributed by atoms with Crippen molar-refractivity contribution in [1.29, 1.82) is 0 Å². The third-order valence-corrected chi connectivity index (χ3v) is 4.21. The summed E-state index contributed by atoms with van der Waals surface area (Å²) in [7, 11) is 3.63. The molecule has 1 aliphatic heterocycles. The minimum Gasteiger partial charge on any atom is -0.383 e. The second-order valence-corrected chi connectivity index (χ2v) is 6.10. The van der Waals surface area contributed by atoms with Gasteiger partial charge in [-0.1, -0.05) is 19.8 Å². The van der Waals surface area contributed by atoms with Crippen LogP contribution in [0.5, 0.6) is 0 Å². The normalized spacial score (nSPS) is 23.3. The summed E-state index contributed by atoms with van der Waals surface area (Å²) in [4.78, 5) is 11.8. The van der Waals surface area contributed by atoms with Crippen LogP contribution in [-0.4, -0.2) is 41.5 Å². The van der Waals surface area contributed by atoms with E-state index in [1.165, 1.54) is 12.8 Å². The van der Waals surface area contributed by atoms with E-state index in [0.29, 0.717) is 19.1 Å². The van der Waals surface area contributed by atoms with Crippen molar-refractivity contribution in [2.24, 2.45) is 7.05 Å². The monoisotopic (exact) mass is 308 g/mol. The number of carbonyl (C=O) groups excluding carboxylic acids is 1. The number of aromatic nitrogens is 2. The molecule has 22 heavy (non-hydrogen) atoms. The summed E-state index contributed by atoms with van der Waals surface area (Å²) in [5, 5.41) is 11.0. The van der Waals surface area contributed by atoms with Crippen molar-refractivity contribution in [3.63, 3.8) is 0 Å². The lowest BCUT2D eigenvalue weighted by molar-refractivity contribution is -0.124. The number of carbonyl (C=O) groups is 1. The first-order chi connectivity index (χ1) is 10.6. The van der Waals surface area contributed by atoms with Gasteiger partial charge < -0.3 is 15.4 Å². The third kappa shape index (κ3) is 4.55.